The summed E-state index contributed by atoms with van der Waals surface area (Å²) in [7, 11) is 1.75. The van der Waals surface area contributed by atoms with E-state index in [0.29, 0.717) is 0 Å². The summed E-state index contributed by atoms with van der Waals surface area (Å²) >= 11 is 0. The van der Waals surface area contributed by atoms with E-state index in [0.717, 1.165) is 25.0 Å². The number of methoxy groups -OCH3 is 1. The largest absolute Gasteiger partial charge is 0.497 e. The first-order valence-electron chi connectivity index (χ1n) is 9.27. The molecule has 1 aliphatic carbocycles. The molecule has 0 aromatic heterocycles. The Morgan fingerprint density at radius 3 is 2.64 bits per heavy atom. The first-order valence-corrected chi connectivity index (χ1v) is 9.27. The molecular weight excluding hydrogens is 306 g/mol. The van der Waals surface area contributed by atoms with Crippen LogP contribution in [0, 0.1) is 0 Å². The van der Waals surface area contributed by atoms with Crippen LogP contribution in [0.25, 0.3) is 10.8 Å². The standard InChI is InChI=1S/C23H29NO/c1-5-14-23(15-13-22(25-4)17(2)16-23)24-18(3)20-12-8-10-19-9-6-7-11-21(19)20/h6-13,15,18,24H,5,14,16H2,1-4H3/t18-,23+/m1/s1. The minimum absolute atomic E-state index is 0.00275. The van der Waals surface area contributed by atoms with Crippen LogP contribution in [-0.2, 0) is 4.74 Å². The Morgan fingerprint density at radius 1 is 1.16 bits per heavy atom. The topological polar surface area (TPSA) is 21.3 Å². The minimum Gasteiger partial charge on any atom is -0.497 e. The van der Waals surface area contributed by atoms with Crippen LogP contribution in [0.5, 0.6) is 0 Å². The summed E-state index contributed by atoms with van der Waals surface area (Å²) in [6.45, 7) is 6.71. The summed E-state index contributed by atoms with van der Waals surface area (Å²) in [6, 6.07) is 15.5. The van der Waals surface area contributed by atoms with Gasteiger partial charge in [-0.15, -0.1) is 0 Å². The number of nitrogens with one attached hydrogen (secondary N) is 1. The quantitative estimate of drug-likeness (QED) is 0.708. The summed E-state index contributed by atoms with van der Waals surface area (Å²) < 4.78 is 5.49. The molecule has 1 aliphatic rings. The number of ether oxygens (including phenoxy) is 1. The van der Waals surface area contributed by atoms with Crippen molar-refractivity contribution < 1.29 is 4.74 Å². The van der Waals surface area contributed by atoms with Crippen LogP contribution < -0.4 is 5.32 Å². The van der Waals surface area contributed by atoms with Crippen molar-refractivity contribution in [2.24, 2.45) is 0 Å². The van der Waals surface area contributed by atoms with Gasteiger partial charge in [-0.2, -0.15) is 0 Å². The fraction of sp³-hybridized carbons (Fsp3) is 0.391. The van der Waals surface area contributed by atoms with Gasteiger partial charge in [-0.3, -0.25) is 0 Å². The van der Waals surface area contributed by atoms with Gasteiger partial charge in [0.1, 0.15) is 5.76 Å². The van der Waals surface area contributed by atoms with Crippen LogP contribution >= 0.6 is 0 Å². The zero-order valence-corrected chi connectivity index (χ0v) is 15.8. The van der Waals surface area contributed by atoms with Crippen molar-refractivity contribution in [3.8, 4) is 0 Å². The van der Waals surface area contributed by atoms with E-state index in [4.69, 9.17) is 4.74 Å². The number of benzene rings is 2. The van der Waals surface area contributed by atoms with E-state index in [2.05, 4.69) is 80.7 Å². The van der Waals surface area contributed by atoms with Crippen molar-refractivity contribution in [2.45, 2.75) is 51.6 Å². The van der Waals surface area contributed by atoms with Gasteiger partial charge in [0, 0.05) is 11.6 Å². The molecule has 0 amide bonds. The van der Waals surface area contributed by atoms with Crippen molar-refractivity contribution >= 4 is 10.8 Å². The third-order valence-electron chi connectivity index (χ3n) is 5.26. The van der Waals surface area contributed by atoms with Crippen molar-refractivity contribution in [3.05, 3.63) is 71.5 Å². The zero-order valence-electron chi connectivity index (χ0n) is 15.8. The fourth-order valence-electron chi connectivity index (χ4n) is 4.17. The van der Waals surface area contributed by atoms with Crippen LogP contribution in [0.2, 0.25) is 0 Å². The highest BCUT2D eigenvalue weighted by Crippen LogP contribution is 2.34. The van der Waals surface area contributed by atoms with Crippen LogP contribution in [0.3, 0.4) is 0 Å². The molecule has 2 aromatic carbocycles. The average molecular weight is 335 g/mol. The number of rotatable bonds is 6. The van der Waals surface area contributed by atoms with Gasteiger partial charge in [0.2, 0.25) is 0 Å². The summed E-state index contributed by atoms with van der Waals surface area (Å²) in [5.74, 6) is 1.01. The van der Waals surface area contributed by atoms with E-state index < -0.39 is 0 Å². The Labute approximate surface area is 151 Å². The maximum atomic E-state index is 5.49. The van der Waals surface area contributed by atoms with Crippen molar-refractivity contribution in [3.63, 3.8) is 0 Å². The molecule has 132 valence electrons. The highest BCUT2D eigenvalue weighted by molar-refractivity contribution is 5.86. The lowest BCUT2D eigenvalue weighted by Crippen LogP contribution is -2.46. The van der Waals surface area contributed by atoms with Gasteiger partial charge in [-0.1, -0.05) is 61.9 Å². The predicted molar refractivity (Wildman–Crippen MR) is 107 cm³/mol. The van der Waals surface area contributed by atoms with Crippen LogP contribution in [-0.4, -0.2) is 12.6 Å². The summed E-state index contributed by atoms with van der Waals surface area (Å²) in [5, 5.41) is 6.58. The normalized spacial score (nSPS) is 21.6. The second-order valence-corrected chi connectivity index (χ2v) is 7.20. The van der Waals surface area contributed by atoms with E-state index in [-0.39, 0.29) is 11.6 Å². The monoisotopic (exact) mass is 335 g/mol. The molecule has 0 fully saturated rings. The van der Waals surface area contributed by atoms with Gasteiger partial charge in [-0.25, -0.2) is 0 Å². The Balaban J connectivity index is 1.90. The molecule has 3 rings (SSSR count). The number of fused-ring (bicyclic) bond motifs is 1. The van der Waals surface area contributed by atoms with Crippen molar-refractivity contribution in [2.75, 3.05) is 7.11 Å². The molecule has 0 spiro atoms. The first-order chi connectivity index (χ1) is 12.1. The molecule has 0 bridgehead atoms. The Bertz CT molecular complexity index is 799. The molecule has 2 heteroatoms. The molecule has 2 nitrogen and oxygen atoms in total. The highest BCUT2D eigenvalue weighted by Gasteiger charge is 2.32. The van der Waals surface area contributed by atoms with Gasteiger partial charge < -0.3 is 10.1 Å². The summed E-state index contributed by atoms with van der Waals surface area (Å²) in [5.41, 5.74) is 2.68. The molecule has 0 heterocycles. The van der Waals surface area contributed by atoms with E-state index in [1.165, 1.54) is 21.9 Å². The molecule has 2 aromatic rings. The second kappa shape index (κ2) is 7.45. The molecule has 0 saturated heterocycles. The Morgan fingerprint density at radius 2 is 1.92 bits per heavy atom. The molecule has 1 N–H and O–H groups in total. The Hall–Kier alpha value is -2.06. The van der Waals surface area contributed by atoms with Gasteiger partial charge in [-0.05, 0) is 54.7 Å². The highest BCUT2D eigenvalue weighted by atomic mass is 16.5. The maximum absolute atomic E-state index is 5.49. The number of hydrogen-bond donors (Lipinski definition) is 1. The zero-order chi connectivity index (χ0) is 17.9. The van der Waals surface area contributed by atoms with E-state index >= 15 is 0 Å². The third-order valence-corrected chi connectivity index (χ3v) is 5.26. The average Bonchev–Trinajstić information content (AvgIpc) is 2.61. The number of hydrogen-bond acceptors (Lipinski definition) is 2. The SMILES string of the molecule is CCC[C@]1(N[C@H](C)c2cccc3ccccc23)C=CC(OC)=C(C)C1. The molecule has 0 radical (unpaired) electrons. The first kappa shape index (κ1) is 17.8. The van der Waals surface area contributed by atoms with E-state index in [1.54, 1.807) is 7.11 Å². The fourth-order valence-corrected chi connectivity index (χ4v) is 4.17. The molecule has 0 unspecified atom stereocenters. The van der Waals surface area contributed by atoms with Crippen molar-refractivity contribution in [1.29, 1.82) is 0 Å². The minimum atomic E-state index is -0.00275. The molecule has 0 aliphatic heterocycles. The summed E-state index contributed by atoms with van der Waals surface area (Å²) in [4.78, 5) is 0. The lowest BCUT2D eigenvalue weighted by Gasteiger charge is -2.38. The lowest BCUT2D eigenvalue weighted by molar-refractivity contribution is 0.277. The molecule has 2 atom stereocenters. The molecule has 0 saturated carbocycles. The van der Waals surface area contributed by atoms with Gasteiger partial charge in [0.05, 0.1) is 7.11 Å². The summed E-state index contributed by atoms with van der Waals surface area (Å²) in [6.07, 6.45) is 7.71. The van der Waals surface area contributed by atoms with Crippen LogP contribution in [0.4, 0.5) is 0 Å². The van der Waals surface area contributed by atoms with Gasteiger partial charge in [0.25, 0.3) is 0 Å². The van der Waals surface area contributed by atoms with E-state index in [9.17, 15) is 0 Å². The predicted octanol–water partition coefficient (Wildman–Crippen LogP) is 5.91. The number of allylic oxidation sites excluding steroid dienone is 1. The molecular formula is C23H29NO. The third kappa shape index (κ3) is 3.64. The maximum Gasteiger partial charge on any atom is 0.117 e. The smallest absolute Gasteiger partial charge is 0.117 e. The van der Waals surface area contributed by atoms with Gasteiger partial charge in [0.15, 0.2) is 0 Å². The van der Waals surface area contributed by atoms with E-state index in [1.807, 2.05) is 0 Å². The van der Waals surface area contributed by atoms with Crippen LogP contribution in [0.1, 0.15) is 51.6 Å². The van der Waals surface area contributed by atoms with Crippen molar-refractivity contribution in [1.82, 2.24) is 5.32 Å². The lowest BCUT2D eigenvalue weighted by atomic mass is 9.81. The molecule has 25 heavy (non-hydrogen) atoms. The van der Waals surface area contributed by atoms with Crippen LogP contribution in [0.15, 0.2) is 65.9 Å². The second-order valence-electron chi connectivity index (χ2n) is 7.20. The Kier molecular flexibility index (Phi) is 5.29. The van der Waals surface area contributed by atoms with Gasteiger partial charge >= 0.3 is 0 Å².